The Balaban J connectivity index is 1.66. The quantitative estimate of drug-likeness (QED) is 0.515. The largest absolute Gasteiger partial charge is 0.0594 e. The summed E-state index contributed by atoms with van der Waals surface area (Å²) in [6.45, 7) is 5.36. The summed E-state index contributed by atoms with van der Waals surface area (Å²) in [4.78, 5) is 0. The summed E-state index contributed by atoms with van der Waals surface area (Å²) >= 11 is 0. The molecule has 0 radical (unpaired) electrons. The Kier molecular flexibility index (Phi) is 2.84. The third kappa shape index (κ3) is 1.70. The van der Waals surface area contributed by atoms with E-state index in [0.717, 1.165) is 34.5 Å². The van der Waals surface area contributed by atoms with Crippen molar-refractivity contribution in [1.29, 1.82) is 0 Å². The van der Waals surface area contributed by atoms with E-state index in [1.165, 1.54) is 19.3 Å². The molecular formula is C19H32. The van der Waals surface area contributed by atoms with Gasteiger partial charge in [-0.25, -0.2) is 0 Å². The smallest absolute Gasteiger partial charge is 0.0264 e. The van der Waals surface area contributed by atoms with E-state index < -0.39 is 0 Å². The van der Waals surface area contributed by atoms with Crippen LogP contribution in [-0.4, -0.2) is 0 Å². The van der Waals surface area contributed by atoms with E-state index in [2.05, 4.69) is 13.8 Å². The molecule has 19 heavy (non-hydrogen) atoms. The van der Waals surface area contributed by atoms with Crippen LogP contribution in [0, 0.1) is 34.5 Å². The van der Waals surface area contributed by atoms with Crippen molar-refractivity contribution in [3.63, 3.8) is 0 Å². The molecule has 4 unspecified atom stereocenters. The van der Waals surface area contributed by atoms with Gasteiger partial charge in [0.1, 0.15) is 0 Å². The second-order valence-electron chi connectivity index (χ2n) is 8.99. The summed E-state index contributed by atoms with van der Waals surface area (Å²) < 4.78 is 0. The molecule has 0 heterocycles. The Labute approximate surface area is 119 Å². The minimum atomic E-state index is 0.734. The van der Waals surface area contributed by atoms with E-state index in [4.69, 9.17) is 0 Å². The van der Waals surface area contributed by atoms with E-state index >= 15 is 0 Å². The molecule has 6 atom stereocenters. The molecule has 4 aliphatic rings. The van der Waals surface area contributed by atoms with E-state index in [-0.39, 0.29) is 0 Å². The Hall–Kier alpha value is 0. The lowest BCUT2D eigenvalue weighted by Gasteiger charge is -2.61. The van der Waals surface area contributed by atoms with Gasteiger partial charge in [-0.1, -0.05) is 39.5 Å². The van der Waals surface area contributed by atoms with Gasteiger partial charge in [-0.2, -0.15) is 0 Å². The molecule has 108 valence electrons. The molecule has 0 aromatic carbocycles. The molecule has 0 amide bonds. The van der Waals surface area contributed by atoms with Crippen molar-refractivity contribution < 1.29 is 0 Å². The maximum Gasteiger partial charge on any atom is -0.0264 e. The van der Waals surface area contributed by atoms with Crippen LogP contribution in [0.5, 0.6) is 0 Å². The standard InChI is InChI=1S/C19H32/c1-18-11-5-8-16(18)17-10-9-14-6-3-4-7-15(14)19(17,2)13-12-18/h14-17H,3-13H2,1-2H3/t14?,15?,16?,17?,18-,19+/m1/s1. The molecule has 0 bridgehead atoms. The topological polar surface area (TPSA) is 0 Å². The highest BCUT2D eigenvalue weighted by Gasteiger charge is 2.58. The monoisotopic (exact) mass is 260 g/mol. The summed E-state index contributed by atoms with van der Waals surface area (Å²) in [5.74, 6) is 4.40. The molecule has 4 saturated carbocycles. The summed E-state index contributed by atoms with van der Waals surface area (Å²) in [6.07, 6.45) is 17.1. The zero-order valence-corrected chi connectivity index (χ0v) is 13.1. The van der Waals surface area contributed by atoms with Crippen LogP contribution in [0.4, 0.5) is 0 Å². The number of rotatable bonds is 0. The van der Waals surface area contributed by atoms with Crippen LogP contribution in [0.25, 0.3) is 0 Å². The first-order valence-corrected chi connectivity index (χ1v) is 9.13. The SMILES string of the molecule is C[C@]12CCCC1C1CCC3CCCCC3[C@]1(C)CC2. The number of hydrogen-bond donors (Lipinski definition) is 0. The Morgan fingerprint density at radius 3 is 2.32 bits per heavy atom. The van der Waals surface area contributed by atoms with Gasteiger partial charge in [0.25, 0.3) is 0 Å². The van der Waals surface area contributed by atoms with Crippen LogP contribution >= 0.6 is 0 Å². The highest BCUT2D eigenvalue weighted by atomic mass is 14.6. The third-order valence-electron chi connectivity index (χ3n) is 8.33. The molecule has 0 nitrogen and oxygen atoms in total. The molecule has 0 aromatic heterocycles. The first kappa shape index (κ1) is 12.7. The molecule has 0 N–H and O–H groups in total. The van der Waals surface area contributed by atoms with Crippen molar-refractivity contribution in [2.24, 2.45) is 34.5 Å². The minimum Gasteiger partial charge on any atom is -0.0594 e. The minimum absolute atomic E-state index is 0.734. The Bertz CT molecular complexity index is 359. The van der Waals surface area contributed by atoms with Gasteiger partial charge in [0.2, 0.25) is 0 Å². The van der Waals surface area contributed by atoms with Gasteiger partial charge in [0, 0.05) is 0 Å². The lowest BCUT2D eigenvalue weighted by atomic mass is 9.44. The fraction of sp³-hybridized carbons (Fsp3) is 1.00. The molecule has 0 saturated heterocycles. The maximum absolute atomic E-state index is 2.72. The molecule has 0 spiro atoms. The zero-order valence-electron chi connectivity index (χ0n) is 13.1. The zero-order chi connectivity index (χ0) is 13.1. The molecule has 4 rings (SSSR count). The molecule has 0 aromatic rings. The number of hydrogen-bond acceptors (Lipinski definition) is 0. The highest BCUT2D eigenvalue weighted by molar-refractivity contribution is 5.07. The van der Waals surface area contributed by atoms with Gasteiger partial charge in [-0.15, -0.1) is 0 Å². The van der Waals surface area contributed by atoms with Gasteiger partial charge in [0.05, 0.1) is 0 Å². The lowest BCUT2D eigenvalue weighted by molar-refractivity contribution is -0.115. The van der Waals surface area contributed by atoms with Crippen molar-refractivity contribution >= 4 is 0 Å². The van der Waals surface area contributed by atoms with Crippen LogP contribution in [0.3, 0.4) is 0 Å². The second kappa shape index (κ2) is 4.25. The number of fused-ring (bicyclic) bond motifs is 5. The average Bonchev–Trinajstić information content (AvgIpc) is 2.81. The molecular weight excluding hydrogens is 228 g/mol. The third-order valence-corrected chi connectivity index (χ3v) is 8.33. The van der Waals surface area contributed by atoms with Gasteiger partial charge >= 0.3 is 0 Å². The van der Waals surface area contributed by atoms with Gasteiger partial charge in [-0.3, -0.25) is 0 Å². The molecule has 0 aliphatic heterocycles. The predicted octanol–water partition coefficient (Wildman–Crippen LogP) is 5.81. The summed E-state index contributed by atoms with van der Waals surface area (Å²) in [7, 11) is 0. The van der Waals surface area contributed by atoms with Crippen LogP contribution in [0.1, 0.15) is 84.5 Å². The summed E-state index contributed by atoms with van der Waals surface area (Å²) in [6, 6.07) is 0. The van der Waals surface area contributed by atoms with E-state index in [0.29, 0.717) is 0 Å². The van der Waals surface area contributed by atoms with Crippen molar-refractivity contribution in [1.82, 2.24) is 0 Å². The van der Waals surface area contributed by atoms with Crippen LogP contribution in [0.2, 0.25) is 0 Å². The summed E-state index contributed by atoms with van der Waals surface area (Å²) in [5, 5.41) is 0. The Morgan fingerprint density at radius 1 is 0.632 bits per heavy atom. The fourth-order valence-corrected chi connectivity index (χ4v) is 7.26. The predicted molar refractivity (Wildman–Crippen MR) is 81.0 cm³/mol. The van der Waals surface area contributed by atoms with Crippen molar-refractivity contribution in [2.75, 3.05) is 0 Å². The summed E-state index contributed by atoms with van der Waals surface area (Å²) in [5.41, 5.74) is 1.48. The van der Waals surface area contributed by atoms with Crippen LogP contribution < -0.4 is 0 Å². The highest BCUT2D eigenvalue weighted by Crippen LogP contribution is 2.67. The van der Waals surface area contributed by atoms with E-state index in [9.17, 15) is 0 Å². The van der Waals surface area contributed by atoms with E-state index in [1.807, 2.05) is 0 Å². The van der Waals surface area contributed by atoms with Crippen molar-refractivity contribution in [2.45, 2.75) is 84.5 Å². The van der Waals surface area contributed by atoms with Crippen molar-refractivity contribution in [3.05, 3.63) is 0 Å². The molecule has 4 fully saturated rings. The van der Waals surface area contributed by atoms with Crippen LogP contribution in [0.15, 0.2) is 0 Å². The first-order valence-electron chi connectivity index (χ1n) is 9.13. The fourth-order valence-electron chi connectivity index (χ4n) is 7.26. The maximum atomic E-state index is 2.72. The molecule has 4 aliphatic carbocycles. The second-order valence-corrected chi connectivity index (χ2v) is 8.99. The van der Waals surface area contributed by atoms with Crippen molar-refractivity contribution in [3.8, 4) is 0 Å². The van der Waals surface area contributed by atoms with Crippen LogP contribution in [-0.2, 0) is 0 Å². The Morgan fingerprint density at radius 2 is 1.42 bits per heavy atom. The average molecular weight is 260 g/mol. The van der Waals surface area contributed by atoms with Gasteiger partial charge < -0.3 is 0 Å². The molecule has 0 heteroatoms. The first-order chi connectivity index (χ1) is 9.13. The lowest BCUT2D eigenvalue weighted by Crippen LogP contribution is -2.53. The van der Waals surface area contributed by atoms with Gasteiger partial charge in [-0.05, 0) is 79.4 Å². The normalized spacial score (nSPS) is 57.2. The van der Waals surface area contributed by atoms with Gasteiger partial charge in [0.15, 0.2) is 0 Å². The van der Waals surface area contributed by atoms with E-state index in [1.54, 1.807) is 51.4 Å².